The fourth-order valence-electron chi connectivity index (χ4n) is 2.16. The van der Waals surface area contributed by atoms with Crippen LogP contribution in [-0.2, 0) is 19.1 Å². The molecule has 0 N–H and O–H groups in total. The Labute approximate surface area is 141 Å². The van der Waals surface area contributed by atoms with Crippen LogP contribution in [0.3, 0.4) is 0 Å². The van der Waals surface area contributed by atoms with Crippen LogP contribution in [-0.4, -0.2) is 24.6 Å². The average molecular weight is 324 g/mol. The van der Waals surface area contributed by atoms with Gasteiger partial charge in [-0.05, 0) is 19.8 Å². The first-order chi connectivity index (χ1) is 11.1. The van der Waals surface area contributed by atoms with E-state index in [9.17, 15) is 9.59 Å². The zero-order chi connectivity index (χ0) is 17.3. The Morgan fingerprint density at radius 2 is 1.48 bits per heavy atom. The lowest BCUT2D eigenvalue weighted by Crippen LogP contribution is -2.13. The fraction of sp³-hybridized carbons (Fsp3) is 0.789. The molecule has 23 heavy (non-hydrogen) atoms. The van der Waals surface area contributed by atoms with Crippen LogP contribution in [0.5, 0.6) is 0 Å². The van der Waals surface area contributed by atoms with Crippen molar-refractivity contribution in [1.82, 2.24) is 0 Å². The number of terminal acetylenes is 1. The molecular weight excluding hydrogens is 292 g/mol. The summed E-state index contributed by atoms with van der Waals surface area (Å²) in [7, 11) is 0. The minimum absolute atomic E-state index is 0.193. The highest BCUT2D eigenvalue weighted by molar-refractivity contribution is 5.72. The summed E-state index contributed by atoms with van der Waals surface area (Å²) in [4.78, 5) is 22.9. The Kier molecular flexibility index (Phi) is 14.4. The summed E-state index contributed by atoms with van der Waals surface area (Å²) in [5.41, 5.74) is 0. The Hall–Kier alpha value is -1.50. The van der Waals surface area contributed by atoms with Gasteiger partial charge in [-0.2, -0.15) is 0 Å². The minimum atomic E-state index is -0.517. The highest BCUT2D eigenvalue weighted by Gasteiger charge is 2.09. The zero-order valence-corrected chi connectivity index (χ0v) is 14.8. The zero-order valence-electron chi connectivity index (χ0n) is 14.8. The topological polar surface area (TPSA) is 52.6 Å². The van der Waals surface area contributed by atoms with Crippen molar-refractivity contribution >= 4 is 11.9 Å². The summed E-state index contributed by atoms with van der Waals surface area (Å²) in [5, 5.41) is 0. The molecule has 0 aliphatic heterocycles. The van der Waals surface area contributed by atoms with Crippen molar-refractivity contribution in [3.05, 3.63) is 0 Å². The van der Waals surface area contributed by atoms with E-state index in [2.05, 4.69) is 12.8 Å². The van der Waals surface area contributed by atoms with Crippen molar-refractivity contribution < 1.29 is 19.1 Å². The second kappa shape index (κ2) is 15.4. The SMILES string of the molecule is C#CC(C)OC(=O)CCCC(=O)OCCCCCCCCCC. The van der Waals surface area contributed by atoms with Crippen LogP contribution >= 0.6 is 0 Å². The lowest BCUT2D eigenvalue weighted by atomic mass is 10.1. The maximum atomic E-state index is 11.5. The van der Waals surface area contributed by atoms with Crippen molar-refractivity contribution in [3.8, 4) is 12.3 Å². The van der Waals surface area contributed by atoms with Crippen LogP contribution < -0.4 is 0 Å². The standard InChI is InChI=1S/C19H32O4/c1-4-6-7-8-9-10-11-12-16-22-18(20)14-13-15-19(21)23-17(3)5-2/h2,17H,4,6-16H2,1,3H3. The van der Waals surface area contributed by atoms with Gasteiger partial charge in [0.1, 0.15) is 0 Å². The molecule has 132 valence electrons. The van der Waals surface area contributed by atoms with Gasteiger partial charge in [0.05, 0.1) is 6.61 Å². The molecular formula is C19H32O4. The number of carbonyl (C=O) groups is 2. The largest absolute Gasteiger partial charge is 0.466 e. The lowest BCUT2D eigenvalue weighted by molar-refractivity contribution is -0.146. The van der Waals surface area contributed by atoms with Gasteiger partial charge < -0.3 is 9.47 Å². The number of carbonyl (C=O) groups excluding carboxylic acids is 2. The van der Waals surface area contributed by atoms with Gasteiger partial charge in [0, 0.05) is 12.8 Å². The van der Waals surface area contributed by atoms with Gasteiger partial charge >= 0.3 is 11.9 Å². The maximum Gasteiger partial charge on any atom is 0.307 e. The summed E-state index contributed by atoms with van der Waals surface area (Å²) in [6.07, 6.45) is 15.2. The number of rotatable bonds is 14. The number of unbranched alkanes of at least 4 members (excludes halogenated alkanes) is 7. The van der Waals surface area contributed by atoms with Crippen molar-refractivity contribution in [2.24, 2.45) is 0 Å². The van der Waals surface area contributed by atoms with Crippen molar-refractivity contribution in [2.75, 3.05) is 6.61 Å². The van der Waals surface area contributed by atoms with E-state index in [1.165, 1.54) is 38.5 Å². The molecule has 1 unspecified atom stereocenters. The molecule has 0 saturated heterocycles. The Morgan fingerprint density at radius 1 is 0.913 bits per heavy atom. The van der Waals surface area contributed by atoms with Crippen molar-refractivity contribution in [3.63, 3.8) is 0 Å². The Bertz CT molecular complexity index is 357. The first-order valence-electron chi connectivity index (χ1n) is 8.91. The van der Waals surface area contributed by atoms with Crippen molar-refractivity contribution in [1.29, 1.82) is 0 Å². The highest BCUT2D eigenvalue weighted by Crippen LogP contribution is 2.09. The first kappa shape index (κ1) is 21.5. The molecule has 0 amide bonds. The third-order valence-electron chi connectivity index (χ3n) is 3.57. The summed E-state index contributed by atoms with van der Waals surface area (Å²) in [5.74, 6) is 1.71. The third-order valence-corrected chi connectivity index (χ3v) is 3.57. The minimum Gasteiger partial charge on any atom is -0.466 e. The molecule has 0 aromatic rings. The molecule has 0 aromatic carbocycles. The number of esters is 2. The second-order valence-corrected chi connectivity index (χ2v) is 5.85. The molecule has 0 radical (unpaired) electrons. The van der Waals surface area contributed by atoms with Gasteiger partial charge in [0.2, 0.25) is 0 Å². The van der Waals surface area contributed by atoms with Crippen LogP contribution in [0.15, 0.2) is 0 Å². The average Bonchev–Trinajstić information content (AvgIpc) is 2.53. The first-order valence-corrected chi connectivity index (χ1v) is 8.91. The Balaban J connectivity index is 3.38. The molecule has 0 aliphatic carbocycles. The van der Waals surface area contributed by atoms with E-state index in [1.54, 1.807) is 6.92 Å². The molecule has 0 bridgehead atoms. The van der Waals surface area contributed by atoms with E-state index in [-0.39, 0.29) is 24.8 Å². The summed E-state index contributed by atoms with van der Waals surface area (Å²) >= 11 is 0. The number of hydrogen-bond acceptors (Lipinski definition) is 4. The van der Waals surface area contributed by atoms with E-state index < -0.39 is 6.10 Å². The van der Waals surface area contributed by atoms with Gasteiger partial charge in [0.15, 0.2) is 6.10 Å². The van der Waals surface area contributed by atoms with Gasteiger partial charge in [-0.15, -0.1) is 6.42 Å². The van der Waals surface area contributed by atoms with Crippen LogP contribution in [0.25, 0.3) is 0 Å². The van der Waals surface area contributed by atoms with E-state index in [1.807, 2.05) is 0 Å². The van der Waals surface area contributed by atoms with Crippen LogP contribution in [0, 0.1) is 12.3 Å². The molecule has 4 nitrogen and oxygen atoms in total. The van der Waals surface area contributed by atoms with E-state index in [0.29, 0.717) is 13.0 Å². The molecule has 0 heterocycles. The number of ether oxygens (including phenoxy) is 2. The Morgan fingerprint density at radius 3 is 2.09 bits per heavy atom. The van der Waals surface area contributed by atoms with Crippen molar-refractivity contribution in [2.45, 2.75) is 90.6 Å². The monoisotopic (exact) mass is 324 g/mol. The quantitative estimate of drug-likeness (QED) is 0.270. The third kappa shape index (κ3) is 15.2. The van der Waals surface area contributed by atoms with Gasteiger partial charge in [-0.25, -0.2) is 0 Å². The van der Waals surface area contributed by atoms with Crippen LogP contribution in [0.1, 0.15) is 84.5 Å². The molecule has 0 spiro atoms. The predicted octanol–water partition coefficient (Wildman–Crippen LogP) is 4.41. The summed E-state index contributed by atoms with van der Waals surface area (Å²) in [6.45, 7) is 4.33. The second-order valence-electron chi connectivity index (χ2n) is 5.85. The molecule has 1 atom stereocenters. The molecule has 4 heteroatoms. The van der Waals surface area contributed by atoms with E-state index >= 15 is 0 Å². The smallest absolute Gasteiger partial charge is 0.307 e. The predicted molar refractivity (Wildman–Crippen MR) is 91.8 cm³/mol. The molecule has 0 aromatic heterocycles. The van der Waals surface area contributed by atoms with Gasteiger partial charge in [0.25, 0.3) is 0 Å². The van der Waals surface area contributed by atoms with Gasteiger partial charge in [-0.1, -0.05) is 57.8 Å². The van der Waals surface area contributed by atoms with E-state index in [0.717, 1.165) is 12.8 Å². The van der Waals surface area contributed by atoms with Crippen LogP contribution in [0.4, 0.5) is 0 Å². The number of hydrogen-bond donors (Lipinski definition) is 0. The molecule has 0 fully saturated rings. The summed E-state index contributed by atoms with van der Waals surface area (Å²) in [6, 6.07) is 0. The molecule has 0 aliphatic rings. The fourth-order valence-corrected chi connectivity index (χ4v) is 2.16. The lowest BCUT2D eigenvalue weighted by Gasteiger charge is -2.07. The maximum absolute atomic E-state index is 11.5. The van der Waals surface area contributed by atoms with E-state index in [4.69, 9.17) is 15.9 Å². The summed E-state index contributed by atoms with van der Waals surface area (Å²) < 4.78 is 10.1. The molecule has 0 rings (SSSR count). The van der Waals surface area contributed by atoms with Gasteiger partial charge in [-0.3, -0.25) is 9.59 Å². The normalized spacial score (nSPS) is 11.5. The van der Waals surface area contributed by atoms with Crippen LogP contribution in [0.2, 0.25) is 0 Å². The molecule has 0 saturated carbocycles. The highest BCUT2D eigenvalue weighted by atomic mass is 16.5.